The fourth-order valence-corrected chi connectivity index (χ4v) is 3.54. The maximum absolute atomic E-state index is 12.7. The van der Waals surface area contributed by atoms with Crippen molar-refractivity contribution in [3.63, 3.8) is 0 Å². The van der Waals surface area contributed by atoms with Crippen LogP contribution in [0.1, 0.15) is 28.4 Å². The summed E-state index contributed by atoms with van der Waals surface area (Å²) in [7, 11) is 0. The molecule has 1 amide bonds. The molecule has 0 aliphatic rings. The molecular weight excluding hydrogens is 415 g/mol. The second kappa shape index (κ2) is 8.68. The molecule has 3 aromatic rings. The normalized spacial score (nSPS) is 10.9. The Kier molecular flexibility index (Phi) is 6.25. The number of rotatable bonds is 6. The summed E-state index contributed by atoms with van der Waals surface area (Å²) in [5.41, 5.74) is 1.32. The van der Waals surface area contributed by atoms with Gasteiger partial charge in [-0.05, 0) is 35.7 Å². The SMILES string of the molecule is CC(=O)NCCn1cc(C(=O)O)c(=O)c2cc(Cc3cccc(Cl)c3Cl)ccc21. The zero-order valence-electron chi connectivity index (χ0n) is 15.5. The zero-order chi connectivity index (χ0) is 21.1. The summed E-state index contributed by atoms with van der Waals surface area (Å²) in [6.07, 6.45) is 1.75. The highest BCUT2D eigenvalue weighted by molar-refractivity contribution is 6.42. The molecule has 1 aromatic heterocycles. The number of carboxylic acid groups (broad SMARTS) is 1. The quantitative estimate of drug-likeness (QED) is 0.620. The highest BCUT2D eigenvalue weighted by Crippen LogP contribution is 2.28. The van der Waals surface area contributed by atoms with Crippen molar-refractivity contribution in [1.29, 1.82) is 0 Å². The maximum Gasteiger partial charge on any atom is 0.341 e. The van der Waals surface area contributed by atoms with Crippen molar-refractivity contribution in [2.75, 3.05) is 6.54 Å². The number of carbonyl (C=O) groups is 2. The van der Waals surface area contributed by atoms with Gasteiger partial charge in [-0.25, -0.2) is 4.79 Å². The van der Waals surface area contributed by atoms with Crippen LogP contribution in [0.25, 0.3) is 10.9 Å². The highest BCUT2D eigenvalue weighted by atomic mass is 35.5. The zero-order valence-corrected chi connectivity index (χ0v) is 17.0. The third-order valence-corrected chi connectivity index (χ3v) is 5.39. The van der Waals surface area contributed by atoms with Gasteiger partial charge in [0.15, 0.2) is 0 Å². The van der Waals surface area contributed by atoms with Gasteiger partial charge in [0, 0.05) is 31.6 Å². The Balaban J connectivity index is 2.07. The van der Waals surface area contributed by atoms with Crippen molar-refractivity contribution in [3.05, 3.63) is 79.6 Å². The van der Waals surface area contributed by atoms with E-state index in [-0.39, 0.29) is 11.5 Å². The molecule has 0 atom stereocenters. The second-order valence-electron chi connectivity index (χ2n) is 6.59. The van der Waals surface area contributed by atoms with Crippen LogP contribution < -0.4 is 10.7 Å². The molecule has 0 bridgehead atoms. The Bertz CT molecular complexity index is 1170. The minimum atomic E-state index is -1.30. The summed E-state index contributed by atoms with van der Waals surface area (Å²) >= 11 is 12.3. The van der Waals surface area contributed by atoms with Crippen LogP contribution >= 0.6 is 23.2 Å². The van der Waals surface area contributed by atoms with Gasteiger partial charge in [0.05, 0.1) is 15.6 Å². The second-order valence-corrected chi connectivity index (χ2v) is 7.38. The van der Waals surface area contributed by atoms with Gasteiger partial charge in [0.25, 0.3) is 0 Å². The number of aromatic carboxylic acids is 1. The number of pyridine rings is 1. The molecule has 0 aliphatic carbocycles. The maximum atomic E-state index is 12.7. The topological polar surface area (TPSA) is 88.4 Å². The molecule has 2 N–H and O–H groups in total. The Morgan fingerprint density at radius 1 is 1.17 bits per heavy atom. The van der Waals surface area contributed by atoms with E-state index >= 15 is 0 Å². The fraction of sp³-hybridized carbons (Fsp3) is 0.190. The first kappa shape index (κ1) is 20.9. The lowest BCUT2D eigenvalue weighted by Crippen LogP contribution is -2.26. The molecule has 0 fully saturated rings. The van der Waals surface area contributed by atoms with Crippen molar-refractivity contribution in [3.8, 4) is 0 Å². The molecule has 6 nitrogen and oxygen atoms in total. The van der Waals surface area contributed by atoms with E-state index in [4.69, 9.17) is 23.2 Å². The molecule has 29 heavy (non-hydrogen) atoms. The van der Waals surface area contributed by atoms with Crippen molar-refractivity contribution in [2.24, 2.45) is 0 Å². The van der Waals surface area contributed by atoms with E-state index in [0.29, 0.717) is 40.5 Å². The minimum absolute atomic E-state index is 0.186. The van der Waals surface area contributed by atoms with Gasteiger partial charge in [-0.2, -0.15) is 0 Å². The Labute approximate surface area is 176 Å². The van der Waals surface area contributed by atoms with Gasteiger partial charge < -0.3 is 15.0 Å². The monoisotopic (exact) mass is 432 g/mol. The predicted molar refractivity (Wildman–Crippen MR) is 113 cm³/mol. The van der Waals surface area contributed by atoms with Crippen molar-refractivity contribution in [1.82, 2.24) is 9.88 Å². The molecule has 0 saturated carbocycles. The molecule has 150 valence electrons. The van der Waals surface area contributed by atoms with Crippen LogP contribution in [0.2, 0.25) is 10.0 Å². The Morgan fingerprint density at radius 3 is 2.62 bits per heavy atom. The van der Waals surface area contributed by atoms with Crippen LogP contribution in [0.4, 0.5) is 0 Å². The van der Waals surface area contributed by atoms with E-state index in [0.717, 1.165) is 11.1 Å². The third kappa shape index (κ3) is 4.60. The van der Waals surface area contributed by atoms with Crippen molar-refractivity contribution in [2.45, 2.75) is 19.9 Å². The average Bonchev–Trinajstić information content (AvgIpc) is 2.67. The number of halogens is 2. The first-order valence-electron chi connectivity index (χ1n) is 8.84. The summed E-state index contributed by atoms with van der Waals surface area (Å²) in [5, 5.41) is 13.3. The lowest BCUT2D eigenvalue weighted by molar-refractivity contribution is -0.118. The molecule has 0 unspecified atom stereocenters. The lowest BCUT2D eigenvalue weighted by atomic mass is 10.0. The van der Waals surface area contributed by atoms with Gasteiger partial charge in [-0.3, -0.25) is 9.59 Å². The van der Waals surface area contributed by atoms with E-state index in [1.54, 1.807) is 28.8 Å². The lowest BCUT2D eigenvalue weighted by Gasteiger charge is -2.14. The van der Waals surface area contributed by atoms with Crippen LogP contribution in [-0.4, -0.2) is 28.1 Å². The summed E-state index contributed by atoms with van der Waals surface area (Å²) in [6.45, 7) is 2.04. The number of nitrogens with zero attached hydrogens (tertiary/aromatic N) is 1. The van der Waals surface area contributed by atoms with Crippen LogP contribution in [0, 0.1) is 0 Å². The van der Waals surface area contributed by atoms with Gasteiger partial charge >= 0.3 is 5.97 Å². The standard InChI is InChI=1S/C21H18Cl2N2O4/c1-12(26)24-7-8-25-11-16(21(28)29)20(27)15-10-13(5-6-18(15)25)9-14-3-2-4-17(22)19(14)23/h2-6,10-11H,7-9H2,1H3,(H,24,26)(H,28,29). The van der Waals surface area contributed by atoms with Gasteiger partial charge in [0.1, 0.15) is 5.56 Å². The minimum Gasteiger partial charge on any atom is -0.477 e. The molecule has 3 rings (SSSR count). The number of nitrogens with one attached hydrogen (secondary N) is 1. The van der Waals surface area contributed by atoms with Crippen molar-refractivity contribution >= 4 is 46.0 Å². The van der Waals surface area contributed by atoms with E-state index in [2.05, 4.69) is 5.32 Å². The number of benzene rings is 2. The third-order valence-electron chi connectivity index (χ3n) is 4.53. The van der Waals surface area contributed by atoms with Crippen molar-refractivity contribution < 1.29 is 14.7 Å². The van der Waals surface area contributed by atoms with E-state index in [9.17, 15) is 19.5 Å². The Hall–Kier alpha value is -2.83. The summed E-state index contributed by atoms with van der Waals surface area (Å²) in [4.78, 5) is 35.4. The average molecular weight is 433 g/mol. The van der Waals surface area contributed by atoms with Crippen LogP contribution in [0.3, 0.4) is 0 Å². The molecule has 1 heterocycles. The first-order valence-corrected chi connectivity index (χ1v) is 9.60. The van der Waals surface area contributed by atoms with Gasteiger partial charge in [-0.15, -0.1) is 0 Å². The molecule has 0 saturated heterocycles. The van der Waals surface area contributed by atoms with Crippen LogP contribution in [0.15, 0.2) is 47.4 Å². The first-order chi connectivity index (χ1) is 13.8. The molecular formula is C21H18Cl2N2O4. The van der Waals surface area contributed by atoms with E-state index < -0.39 is 11.4 Å². The summed E-state index contributed by atoms with van der Waals surface area (Å²) in [5.74, 6) is -1.48. The molecule has 0 aliphatic heterocycles. The number of amides is 1. The fourth-order valence-electron chi connectivity index (χ4n) is 3.15. The van der Waals surface area contributed by atoms with Crippen LogP contribution in [0.5, 0.6) is 0 Å². The van der Waals surface area contributed by atoms with Gasteiger partial charge in [-0.1, -0.05) is 41.4 Å². The largest absolute Gasteiger partial charge is 0.477 e. The van der Waals surface area contributed by atoms with Gasteiger partial charge in [0.2, 0.25) is 11.3 Å². The summed E-state index contributed by atoms with van der Waals surface area (Å²) < 4.78 is 1.66. The number of carboxylic acids is 1. The number of carbonyl (C=O) groups excluding carboxylic acids is 1. The predicted octanol–water partition coefficient (Wildman–Crippen LogP) is 3.73. The van der Waals surface area contributed by atoms with Crippen LogP contribution in [-0.2, 0) is 17.8 Å². The molecule has 0 spiro atoms. The number of aromatic nitrogens is 1. The Morgan fingerprint density at radius 2 is 1.93 bits per heavy atom. The summed E-state index contributed by atoms with van der Waals surface area (Å²) in [6, 6.07) is 10.6. The molecule has 8 heteroatoms. The molecule has 2 aromatic carbocycles. The smallest absolute Gasteiger partial charge is 0.341 e. The highest BCUT2D eigenvalue weighted by Gasteiger charge is 2.15. The number of hydrogen-bond acceptors (Lipinski definition) is 3. The van der Waals surface area contributed by atoms with E-state index in [1.165, 1.54) is 13.1 Å². The number of hydrogen-bond donors (Lipinski definition) is 2. The number of fused-ring (bicyclic) bond motifs is 1. The van der Waals surface area contributed by atoms with E-state index in [1.807, 2.05) is 12.1 Å². The molecule has 0 radical (unpaired) electrons.